The van der Waals surface area contributed by atoms with Gasteiger partial charge in [-0.2, -0.15) is 0 Å². The number of carbonyl (C=O) groups is 2. The van der Waals surface area contributed by atoms with Crippen LogP contribution in [0.3, 0.4) is 0 Å². The van der Waals surface area contributed by atoms with Gasteiger partial charge in [-0.1, -0.05) is 85.5 Å². The molecule has 0 aliphatic heterocycles. The van der Waals surface area contributed by atoms with Gasteiger partial charge in [0.2, 0.25) is 11.8 Å². The summed E-state index contributed by atoms with van der Waals surface area (Å²) in [5.74, 6) is -0.113. The highest BCUT2D eigenvalue weighted by molar-refractivity contribution is 7.92. The molecule has 0 unspecified atom stereocenters. The van der Waals surface area contributed by atoms with Gasteiger partial charge >= 0.3 is 0 Å². The first-order chi connectivity index (χ1) is 23.5. The van der Waals surface area contributed by atoms with Crippen molar-refractivity contribution >= 4 is 27.5 Å². The Morgan fingerprint density at radius 2 is 1.51 bits per heavy atom. The Balaban J connectivity index is 1.58. The molecule has 9 heteroatoms. The second-order valence-electron chi connectivity index (χ2n) is 13.0. The van der Waals surface area contributed by atoms with E-state index in [4.69, 9.17) is 4.74 Å². The van der Waals surface area contributed by atoms with E-state index in [0.29, 0.717) is 11.4 Å². The molecule has 1 fully saturated rings. The van der Waals surface area contributed by atoms with Crippen LogP contribution in [0.1, 0.15) is 59.9 Å². The molecule has 1 saturated carbocycles. The number of nitrogens with zero attached hydrogens (tertiary/aromatic N) is 2. The summed E-state index contributed by atoms with van der Waals surface area (Å²) >= 11 is 0. The lowest BCUT2D eigenvalue weighted by Crippen LogP contribution is -2.55. The first-order valence-electron chi connectivity index (χ1n) is 17.0. The monoisotopic (exact) mass is 681 g/mol. The van der Waals surface area contributed by atoms with E-state index in [0.717, 1.165) is 59.9 Å². The van der Waals surface area contributed by atoms with Crippen LogP contribution < -0.4 is 14.4 Å². The highest BCUT2D eigenvalue weighted by atomic mass is 32.2. The maximum atomic E-state index is 14.8. The van der Waals surface area contributed by atoms with Gasteiger partial charge in [-0.15, -0.1) is 0 Å². The number of rotatable bonds is 13. The minimum absolute atomic E-state index is 0.0299. The van der Waals surface area contributed by atoms with Crippen molar-refractivity contribution in [3.05, 3.63) is 125 Å². The lowest BCUT2D eigenvalue weighted by atomic mass is 9.94. The largest absolute Gasteiger partial charge is 0.497 e. The molecule has 1 aliphatic rings. The van der Waals surface area contributed by atoms with Crippen molar-refractivity contribution in [2.45, 2.75) is 82.8 Å². The number of hydrogen-bond acceptors (Lipinski definition) is 5. The van der Waals surface area contributed by atoms with Crippen LogP contribution in [-0.4, -0.2) is 50.9 Å². The third kappa shape index (κ3) is 9.09. The SMILES string of the molecule is COc1cccc(CN(C(=O)CN(c2ccc(C)c(C)c2)S(=O)(=O)c2ccc(C)cc2)[C@H](Cc2ccccc2)C(=O)NC2CCCCC2)c1. The van der Waals surface area contributed by atoms with Crippen molar-refractivity contribution in [2.75, 3.05) is 18.0 Å². The van der Waals surface area contributed by atoms with Gasteiger partial charge in [0.15, 0.2) is 0 Å². The van der Waals surface area contributed by atoms with Crippen LogP contribution in [0.15, 0.2) is 102 Å². The average molecular weight is 682 g/mol. The molecule has 4 aromatic rings. The molecule has 0 radical (unpaired) electrons. The van der Waals surface area contributed by atoms with Gasteiger partial charge in [-0.3, -0.25) is 13.9 Å². The van der Waals surface area contributed by atoms with Crippen molar-refractivity contribution in [1.82, 2.24) is 10.2 Å². The Bertz CT molecular complexity index is 1840. The fourth-order valence-corrected chi connectivity index (χ4v) is 7.72. The molecule has 0 spiro atoms. The molecule has 0 bridgehead atoms. The number of aryl methyl sites for hydroxylation is 3. The third-order valence-corrected chi connectivity index (χ3v) is 11.2. The molecule has 8 nitrogen and oxygen atoms in total. The third-order valence-electron chi connectivity index (χ3n) is 9.38. The predicted molar refractivity (Wildman–Crippen MR) is 194 cm³/mol. The van der Waals surface area contributed by atoms with Crippen LogP contribution in [-0.2, 0) is 32.6 Å². The Hall–Kier alpha value is -4.63. The van der Waals surface area contributed by atoms with Gasteiger partial charge in [0.25, 0.3) is 10.0 Å². The highest BCUT2D eigenvalue weighted by Crippen LogP contribution is 2.28. The van der Waals surface area contributed by atoms with E-state index in [9.17, 15) is 18.0 Å². The smallest absolute Gasteiger partial charge is 0.264 e. The van der Waals surface area contributed by atoms with Crippen molar-refractivity contribution in [3.8, 4) is 5.75 Å². The topological polar surface area (TPSA) is 96.0 Å². The van der Waals surface area contributed by atoms with Gasteiger partial charge in [0, 0.05) is 19.0 Å². The fraction of sp³-hybridized carbons (Fsp3) is 0.350. The summed E-state index contributed by atoms with van der Waals surface area (Å²) in [6.45, 7) is 5.35. The number of ether oxygens (including phenoxy) is 1. The normalized spacial score (nSPS) is 14.1. The number of sulfonamides is 1. The number of hydrogen-bond donors (Lipinski definition) is 1. The summed E-state index contributed by atoms with van der Waals surface area (Å²) in [5.41, 5.74) is 4.86. The quantitative estimate of drug-likeness (QED) is 0.166. The average Bonchev–Trinajstić information content (AvgIpc) is 3.11. The van der Waals surface area contributed by atoms with Gasteiger partial charge in [-0.25, -0.2) is 8.42 Å². The molecule has 0 saturated heterocycles. The Morgan fingerprint density at radius 1 is 0.816 bits per heavy atom. The lowest BCUT2D eigenvalue weighted by molar-refractivity contribution is -0.140. The molecule has 1 aliphatic carbocycles. The van der Waals surface area contributed by atoms with E-state index < -0.39 is 28.5 Å². The van der Waals surface area contributed by atoms with Crippen LogP contribution in [0.5, 0.6) is 5.75 Å². The Kier molecular flexibility index (Phi) is 11.8. The van der Waals surface area contributed by atoms with Crippen molar-refractivity contribution in [3.63, 3.8) is 0 Å². The van der Waals surface area contributed by atoms with Crippen molar-refractivity contribution in [1.29, 1.82) is 0 Å². The van der Waals surface area contributed by atoms with E-state index in [1.807, 2.05) is 81.4 Å². The van der Waals surface area contributed by atoms with Gasteiger partial charge in [0.05, 0.1) is 17.7 Å². The molecule has 5 rings (SSSR count). The predicted octanol–water partition coefficient (Wildman–Crippen LogP) is 6.90. The van der Waals surface area contributed by atoms with E-state index in [-0.39, 0.29) is 29.8 Å². The van der Waals surface area contributed by atoms with E-state index in [2.05, 4.69) is 5.32 Å². The lowest BCUT2D eigenvalue weighted by Gasteiger charge is -2.35. The maximum Gasteiger partial charge on any atom is 0.264 e. The van der Waals surface area contributed by atoms with E-state index in [1.165, 1.54) is 4.31 Å². The van der Waals surface area contributed by atoms with Crippen molar-refractivity contribution in [2.24, 2.45) is 0 Å². The maximum absolute atomic E-state index is 14.8. The minimum atomic E-state index is -4.17. The Labute approximate surface area is 291 Å². The molecule has 258 valence electrons. The van der Waals surface area contributed by atoms with Crippen LogP contribution >= 0.6 is 0 Å². The summed E-state index contributed by atoms with van der Waals surface area (Å²) < 4.78 is 35.4. The minimum Gasteiger partial charge on any atom is -0.497 e. The summed E-state index contributed by atoms with van der Waals surface area (Å²) in [6, 6.07) is 28.1. The zero-order chi connectivity index (χ0) is 35.0. The number of methoxy groups -OCH3 is 1. The first-order valence-corrected chi connectivity index (χ1v) is 18.4. The molecular formula is C40H47N3O5S. The molecule has 4 aromatic carbocycles. The molecule has 0 heterocycles. The summed E-state index contributed by atoms with van der Waals surface area (Å²) in [7, 11) is -2.60. The number of carbonyl (C=O) groups excluding carboxylic acids is 2. The second-order valence-corrected chi connectivity index (χ2v) is 14.9. The van der Waals surface area contributed by atoms with Crippen LogP contribution in [0.25, 0.3) is 0 Å². The van der Waals surface area contributed by atoms with Crippen LogP contribution in [0.4, 0.5) is 5.69 Å². The van der Waals surface area contributed by atoms with Crippen LogP contribution in [0.2, 0.25) is 0 Å². The van der Waals surface area contributed by atoms with Crippen LogP contribution in [0, 0.1) is 20.8 Å². The van der Waals surface area contributed by atoms with Crippen molar-refractivity contribution < 1.29 is 22.7 Å². The molecule has 1 N–H and O–H groups in total. The summed E-state index contributed by atoms with van der Waals surface area (Å²) in [5, 5.41) is 3.25. The molecule has 0 aromatic heterocycles. The number of nitrogens with one attached hydrogen (secondary N) is 1. The first kappa shape index (κ1) is 35.7. The summed E-state index contributed by atoms with van der Waals surface area (Å²) in [6.07, 6.45) is 5.28. The molecular weight excluding hydrogens is 635 g/mol. The van der Waals surface area contributed by atoms with E-state index >= 15 is 0 Å². The van der Waals surface area contributed by atoms with Gasteiger partial charge in [-0.05, 0) is 92.3 Å². The highest BCUT2D eigenvalue weighted by Gasteiger charge is 2.35. The standard InChI is InChI=1S/C40H47N3O5S/c1-29-18-22-37(23-19-29)49(46,47)43(35-21-20-30(2)31(3)24-35)28-39(44)42(27-33-14-11-17-36(25-33)48-4)38(26-32-12-7-5-8-13-32)40(45)41-34-15-9-6-10-16-34/h5,7-8,11-14,17-25,34,38H,6,9-10,15-16,26-28H2,1-4H3,(H,41,45)/t38-/m1/s1. The molecule has 49 heavy (non-hydrogen) atoms. The second kappa shape index (κ2) is 16.2. The summed E-state index contributed by atoms with van der Waals surface area (Å²) in [4.78, 5) is 30.7. The zero-order valence-electron chi connectivity index (χ0n) is 28.9. The number of benzene rings is 4. The van der Waals surface area contributed by atoms with Gasteiger partial charge < -0.3 is 15.0 Å². The molecule has 2 amide bonds. The van der Waals surface area contributed by atoms with Gasteiger partial charge in [0.1, 0.15) is 18.3 Å². The van der Waals surface area contributed by atoms with E-state index in [1.54, 1.807) is 48.4 Å². The zero-order valence-corrected chi connectivity index (χ0v) is 29.7. The number of anilines is 1. The Morgan fingerprint density at radius 3 is 2.18 bits per heavy atom. The fourth-order valence-electron chi connectivity index (χ4n) is 6.31. The molecule has 1 atom stereocenters. The number of amides is 2.